The Morgan fingerprint density at radius 1 is 1.00 bits per heavy atom. The fraction of sp³-hybridized carbons (Fsp3) is 0.0625. The van der Waals surface area contributed by atoms with Gasteiger partial charge in [-0.2, -0.15) is 0 Å². The van der Waals surface area contributed by atoms with Crippen molar-refractivity contribution < 1.29 is 43.9 Å². The molecule has 0 aliphatic heterocycles. The Morgan fingerprint density at radius 3 is 2.17 bits per heavy atom. The Bertz CT molecular complexity index is 910. The van der Waals surface area contributed by atoms with E-state index in [1.807, 2.05) is 37.3 Å². The number of rotatable bonds is 3. The van der Waals surface area contributed by atoms with E-state index in [0.717, 1.165) is 22.4 Å². The summed E-state index contributed by atoms with van der Waals surface area (Å²) in [5.41, 5.74) is 3.32. The summed E-state index contributed by atoms with van der Waals surface area (Å²) in [6.07, 6.45) is 0. The number of nitrogens with two attached hydrogens (primary N) is 1. The van der Waals surface area contributed by atoms with Gasteiger partial charge >= 0.3 is 29.6 Å². The van der Waals surface area contributed by atoms with Crippen molar-refractivity contribution in [3.8, 4) is 22.4 Å². The maximum absolute atomic E-state index is 11.3. The summed E-state index contributed by atoms with van der Waals surface area (Å²) in [5, 5.41) is 9.23. The van der Waals surface area contributed by atoms with Crippen LogP contribution in [0.1, 0.15) is 7.19 Å². The molecule has 0 radical (unpaired) electrons. The zero-order valence-corrected chi connectivity index (χ0v) is 15.7. The second-order valence-electron chi connectivity index (χ2n) is 4.90. The quantitative estimate of drug-likeness (QED) is 0.686. The van der Waals surface area contributed by atoms with Crippen molar-refractivity contribution in [3.05, 3.63) is 60.4 Å². The van der Waals surface area contributed by atoms with Crippen LogP contribution in [0.25, 0.3) is 22.4 Å². The van der Waals surface area contributed by atoms with Crippen molar-refractivity contribution in [1.82, 2.24) is 5.16 Å². The molecule has 0 unspecified atom stereocenters. The van der Waals surface area contributed by atoms with Gasteiger partial charge in [0.25, 0.3) is 0 Å². The molecule has 0 saturated carbocycles. The van der Waals surface area contributed by atoms with Crippen LogP contribution in [0.15, 0.2) is 64.0 Å². The summed E-state index contributed by atoms with van der Waals surface area (Å²) in [6, 6.07) is 16.0. The summed E-state index contributed by atoms with van der Waals surface area (Å²) in [7, 11) is -3.70. The fourth-order valence-electron chi connectivity index (χ4n) is 2.32. The molecule has 0 fully saturated rings. The van der Waals surface area contributed by atoms with Gasteiger partial charge in [0.1, 0.15) is 11.5 Å². The van der Waals surface area contributed by atoms with Gasteiger partial charge in [0.05, 0.1) is 10.5 Å². The van der Waals surface area contributed by atoms with Crippen LogP contribution in [0.4, 0.5) is 0 Å². The number of hydrogen-bond donors (Lipinski definition) is 1. The van der Waals surface area contributed by atoms with E-state index in [-0.39, 0.29) is 35.9 Å². The van der Waals surface area contributed by atoms with Gasteiger partial charge in [0.2, 0.25) is 10.0 Å². The van der Waals surface area contributed by atoms with Gasteiger partial charge in [-0.25, -0.2) is 13.6 Å². The first-order valence-corrected chi connectivity index (χ1v) is 8.16. The summed E-state index contributed by atoms with van der Waals surface area (Å²) in [6.45, 7) is 1.82. The Hall–Kier alpha value is -1.44. The third-order valence-electron chi connectivity index (χ3n) is 3.38. The topological polar surface area (TPSA) is 86.2 Å². The normalized spacial score (nSPS) is 11.0. The average molecular weight is 338 g/mol. The molecular weight excluding hydrogens is 323 g/mol. The SMILES string of the molecule is Cc1onc(-c2ccccc2)c1-c1ccc(S(N)(=O)=O)cc1.[H-].[Na+]. The predicted octanol–water partition coefficient (Wildman–Crippen LogP) is 0.0809. The number of primary sulfonamides is 1. The largest absolute Gasteiger partial charge is 1.00 e. The van der Waals surface area contributed by atoms with Crippen LogP contribution in [-0.4, -0.2) is 13.6 Å². The number of aromatic nitrogens is 1. The van der Waals surface area contributed by atoms with Gasteiger partial charge in [-0.05, 0) is 24.6 Å². The minimum Gasteiger partial charge on any atom is -1.00 e. The molecule has 0 atom stereocenters. The molecule has 1 aromatic heterocycles. The second-order valence-corrected chi connectivity index (χ2v) is 6.46. The van der Waals surface area contributed by atoms with Gasteiger partial charge in [-0.15, -0.1) is 0 Å². The number of sulfonamides is 1. The maximum atomic E-state index is 11.3. The first-order chi connectivity index (χ1) is 10.5. The van der Waals surface area contributed by atoms with E-state index in [0.29, 0.717) is 5.76 Å². The Balaban J connectivity index is 0.00000144. The van der Waals surface area contributed by atoms with E-state index in [2.05, 4.69) is 5.16 Å². The summed E-state index contributed by atoms with van der Waals surface area (Å²) >= 11 is 0. The monoisotopic (exact) mass is 338 g/mol. The smallest absolute Gasteiger partial charge is 1.00 e. The molecule has 114 valence electrons. The van der Waals surface area contributed by atoms with Crippen molar-refractivity contribution in [2.24, 2.45) is 5.14 Å². The third kappa shape index (κ3) is 3.73. The number of hydrogen-bond acceptors (Lipinski definition) is 4. The number of benzene rings is 2. The number of nitrogens with zero attached hydrogens (tertiary/aromatic N) is 1. The zero-order valence-electron chi connectivity index (χ0n) is 13.9. The van der Waals surface area contributed by atoms with Crippen LogP contribution >= 0.6 is 0 Å². The van der Waals surface area contributed by atoms with Crippen molar-refractivity contribution in [2.75, 3.05) is 0 Å². The van der Waals surface area contributed by atoms with Crippen molar-refractivity contribution in [3.63, 3.8) is 0 Å². The van der Waals surface area contributed by atoms with E-state index in [1.165, 1.54) is 12.1 Å². The van der Waals surface area contributed by atoms with Crippen molar-refractivity contribution in [1.29, 1.82) is 0 Å². The average Bonchev–Trinajstić information content (AvgIpc) is 2.89. The molecule has 0 aliphatic carbocycles. The zero-order chi connectivity index (χ0) is 15.7. The molecule has 7 heteroatoms. The molecule has 5 nitrogen and oxygen atoms in total. The van der Waals surface area contributed by atoms with E-state index < -0.39 is 10.0 Å². The Labute approximate surface area is 158 Å². The van der Waals surface area contributed by atoms with Crippen LogP contribution in [0.5, 0.6) is 0 Å². The standard InChI is InChI=1S/C16H14N2O3S.Na.H/c1-11-15(12-7-9-14(10-8-12)22(17,19)20)16(18-21-11)13-5-3-2-4-6-13;;/h2-10H,1H3,(H2,17,19,20);;/q;+1;-1. The van der Waals surface area contributed by atoms with Gasteiger partial charge in [-0.1, -0.05) is 47.6 Å². The van der Waals surface area contributed by atoms with E-state index >= 15 is 0 Å². The van der Waals surface area contributed by atoms with Crippen LogP contribution in [0, 0.1) is 6.92 Å². The molecule has 0 saturated heterocycles. The van der Waals surface area contributed by atoms with E-state index in [9.17, 15) is 8.42 Å². The van der Waals surface area contributed by atoms with Gasteiger partial charge < -0.3 is 5.95 Å². The van der Waals surface area contributed by atoms with Crippen molar-refractivity contribution in [2.45, 2.75) is 11.8 Å². The van der Waals surface area contributed by atoms with Gasteiger partial charge in [0, 0.05) is 5.56 Å². The Kier molecular flexibility index (Phi) is 5.44. The van der Waals surface area contributed by atoms with E-state index in [4.69, 9.17) is 9.66 Å². The summed E-state index contributed by atoms with van der Waals surface area (Å²) < 4.78 is 28.0. The second kappa shape index (κ2) is 6.98. The third-order valence-corrected chi connectivity index (χ3v) is 4.31. The molecule has 0 amide bonds. The minimum absolute atomic E-state index is 0. The van der Waals surface area contributed by atoms with Crippen LogP contribution in [-0.2, 0) is 10.0 Å². The molecule has 2 N–H and O–H groups in total. The van der Waals surface area contributed by atoms with Gasteiger partial charge in [-0.3, -0.25) is 0 Å². The first-order valence-electron chi connectivity index (χ1n) is 6.62. The Morgan fingerprint density at radius 2 is 1.61 bits per heavy atom. The molecule has 0 aliphatic rings. The van der Waals surface area contributed by atoms with Crippen LogP contribution < -0.4 is 34.7 Å². The molecule has 2 aromatic carbocycles. The van der Waals surface area contributed by atoms with Crippen LogP contribution in [0.2, 0.25) is 0 Å². The molecule has 23 heavy (non-hydrogen) atoms. The molecular formula is C16H15N2NaO3S. The van der Waals surface area contributed by atoms with E-state index in [1.54, 1.807) is 12.1 Å². The molecule has 0 spiro atoms. The summed E-state index contributed by atoms with van der Waals surface area (Å²) in [4.78, 5) is 0.0756. The molecule has 3 aromatic rings. The van der Waals surface area contributed by atoms with Crippen molar-refractivity contribution >= 4 is 10.0 Å². The summed E-state index contributed by atoms with van der Waals surface area (Å²) in [5.74, 6) is 0.669. The first kappa shape index (κ1) is 17.9. The predicted molar refractivity (Wildman–Crippen MR) is 84.6 cm³/mol. The molecule has 1 heterocycles. The maximum Gasteiger partial charge on any atom is 1.00 e. The van der Waals surface area contributed by atoms with Gasteiger partial charge in [0.15, 0.2) is 0 Å². The molecule has 0 bridgehead atoms. The molecule has 3 rings (SSSR count). The fourth-order valence-corrected chi connectivity index (χ4v) is 2.83. The minimum atomic E-state index is -3.70. The number of aryl methyl sites for hydroxylation is 1. The van der Waals surface area contributed by atoms with Crippen LogP contribution in [0.3, 0.4) is 0 Å².